The van der Waals surface area contributed by atoms with Gasteiger partial charge in [-0.3, -0.25) is 9.59 Å². The summed E-state index contributed by atoms with van der Waals surface area (Å²) in [5, 5.41) is 0.873. The van der Waals surface area contributed by atoms with Crippen molar-refractivity contribution in [3.05, 3.63) is 52.0 Å². The maximum absolute atomic E-state index is 13.9. The van der Waals surface area contributed by atoms with Crippen LogP contribution < -0.4 is 10.5 Å². The number of carbonyl (C=O) groups excluding carboxylic acids is 2. The lowest BCUT2D eigenvalue weighted by Gasteiger charge is -2.37. The Kier molecular flexibility index (Phi) is 7.30. The Labute approximate surface area is 211 Å². The number of hydrogen-bond acceptors (Lipinski definition) is 6. The summed E-state index contributed by atoms with van der Waals surface area (Å²) in [5.74, 6) is 0.183. The largest absolute Gasteiger partial charge is 0.488 e. The highest BCUT2D eigenvalue weighted by atomic mass is 16.5. The van der Waals surface area contributed by atoms with Crippen molar-refractivity contribution in [3.8, 4) is 0 Å². The van der Waals surface area contributed by atoms with E-state index in [2.05, 4.69) is 4.90 Å². The number of amides is 1. The Bertz CT molecular complexity index is 1220. The highest BCUT2D eigenvalue weighted by Gasteiger charge is 2.32. The van der Waals surface area contributed by atoms with Gasteiger partial charge in [0.25, 0.3) is 11.5 Å². The van der Waals surface area contributed by atoms with Crippen LogP contribution in [0.1, 0.15) is 55.8 Å². The molecule has 2 aromatic rings. The molecule has 1 amide bonds. The predicted octanol–water partition coefficient (Wildman–Crippen LogP) is 3.71. The molecule has 2 aliphatic heterocycles. The maximum atomic E-state index is 13.9. The SMILES string of the molecule is CCOC(=O)c1c(N2CCN(C(=O)C3=CCCO3)CC2)c2ccccc2n(CC2CCCCC2)c1=O. The van der Waals surface area contributed by atoms with Gasteiger partial charge in [0.2, 0.25) is 0 Å². The van der Waals surface area contributed by atoms with E-state index >= 15 is 0 Å². The third kappa shape index (κ3) is 4.73. The van der Waals surface area contributed by atoms with Gasteiger partial charge < -0.3 is 23.8 Å². The summed E-state index contributed by atoms with van der Waals surface area (Å²) in [6.07, 6.45) is 8.42. The minimum Gasteiger partial charge on any atom is -0.488 e. The number of rotatable bonds is 6. The van der Waals surface area contributed by atoms with Gasteiger partial charge in [-0.2, -0.15) is 0 Å². The molecule has 0 bridgehead atoms. The van der Waals surface area contributed by atoms with Crippen LogP contribution in [0.4, 0.5) is 5.69 Å². The van der Waals surface area contributed by atoms with E-state index in [1.54, 1.807) is 16.4 Å². The molecule has 1 aromatic carbocycles. The van der Waals surface area contributed by atoms with Crippen molar-refractivity contribution in [1.29, 1.82) is 0 Å². The van der Waals surface area contributed by atoms with Crippen molar-refractivity contribution in [2.24, 2.45) is 5.92 Å². The van der Waals surface area contributed by atoms with Gasteiger partial charge in [0.1, 0.15) is 5.56 Å². The van der Waals surface area contributed by atoms with Gasteiger partial charge in [-0.15, -0.1) is 0 Å². The van der Waals surface area contributed by atoms with Crippen molar-refractivity contribution in [3.63, 3.8) is 0 Å². The summed E-state index contributed by atoms with van der Waals surface area (Å²) in [7, 11) is 0. The van der Waals surface area contributed by atoms with Crippen LogP contribution in [0.3, 0.4) is 0 Å². The number of piperazine rings is 1. The number of hydrogen-bond donors (Lipinski definition) is 0. The molecule has 36 heavy (non-hydrogen) atoms. The number of carbonyl (C=O) groups is 2. The normalized spacial score (nSPS) is 18.8. The molecule has 1 aromatic heterocycles. The molecule has 5 rings (SSSR count). The zero-order chi connectivity index (χ0) is 25.1. The fraction of sp³-hybridized carbons (Fsp3) is 0.536. The molecule has 0 N–H and O–H groups in total. The van der Waals surface area contributed by atoms with Gasteiger partial charge in [-0.1, -0.05) is 37.5 Å². The molecular formula is C28H35N3O5. The van der Waals surface area contributed by atoms with Crippen LogP contribution in [0.25, 0.3) is 10.9 Å². The molecule has 0 atom stereocenters. The fourth-order valence-corrected chi connectivity index (χ4v) is 5.77. The minimum atomic E-state index is -0.580. The van der Waals surface area contributed by atoms with Crippen molar-refractivity contribution in [2.45, 2.75) is 52.0 Å². The summed E-state index contributed by atoms with van der Waals surface area (Å²) in [6.45, 7) is 5.12. The third-order valence-corrected chi connectivity index (χ3v) is 7.59. The van der Waals surface area contributed by atoms with Crippen LogP contribution >= 0.6 is 0 Å². The van der Waals surface area contributed by atoms with Crippen LogP contribution in [0.2, 0.25) is 0 Å². The molecule has 2 fully saturated rings. The van der Waals surface area contributed by atoms with E-state index in [0.29, 0.717) is 56.7 Å². The van der Waals surface area contributed by atoms with Gasteiger partial charge in [-0.05, 0) is 37.8 Å². The van der Waals surface area contributed by atoms with Gasteiger partial charge in [-0.25, -0.2) is 4.79 Å². The number of anilines is 1. The van der Waals surface area contributed by atoms with Crippen molar-refractivity contribution in [2.75, 3.05) is 44.3 Å². The molecular weight excluding hydrogens is 458 g/mol. The first-order valence-corrected chi connectivity index (χ1v) is 13.3. The first kappa shape index (κ1) is 24.4. The number of para-hydroxylation sites is 1. The average Bonchev–Trinajstić information content (AvgIpc) is 3.45. The smallest absolute Gasteiger partial charge is 0.345 e. The predicted molar refractivity (Wildman–Crippen MR) is 138 cm³/mol. The van der Waals surface area contributed by atoms with E-state index < -0.39 is 5.97 Å². The third-order valence-electron chi connectivity index (χ3n) is 7.59. The molecule has 0 unspecified atom stereocenters. The molecule has 1 saturated carbocycles. The van der Waals surface area contributed by atoms with Crippen LogP contribution in [-0.2, 0) is 20.8 Å². The lowest BCUT2D eigenvalue weighted by Crippen LogP contribution is -2.50. The van der Waals surface area contributed by atoms with Crippen molar-refractivity contribution < 1.29 is 19.1 Å². The van der Waals surface area contributed by atoms with Crippen LogP contribution in [0.5, 0.6) is 0 Å². The molecule has 8 heteroatoms. The number of pyridine rings is 1. The molecule has 0 spiro atoms. The second-order valence-electron chi connectivity index (χ2n) is 9.87. The minimum absolute atomic E-state index is 0.0921. The number of ether oxygens (including phenoxy) is 2. The summed E-state index contributed by atoms with van der Waals surface area (Å²) >= 11 is 0. The molecule has 3 aliphatic rings. The van der Waals surface area contributed by atoms with E-state index in [0.717, 1.165) is 30.2 Å². The summed E-state index contributed by atoms with van der Waals surface area (Å²) < 4.78 is 12.6. The fourth-order valence-electron chi connectivity index (χ4n) is 5.77. The van der Waals surface area contributed by atoms with E-state index in [-0.39, 0.29) is 23.6 Å². The van der Waals surface area contributed by atoms with E-state index in [9.17, 15) is 14.4 Å². The highest BCUT2D eigenvalue weighted by Crippen LogP contribution is 2.32. The standard InChI is InChI=1S/C28H35N3O5/c1-2-35-28(34)24-25(29-14-16-30(17-15-29)26(32)23-13-8-18-36-23)21-11-6-7-12-22(21)31(27(24)33)19-20-9-4-3-5-10-20/h6-7,11-13,20H,2-5,8-10,14-19H2,1H3. The number of aromatic nitrogens is 1. The Morgan fingerprint density at radius 1 is 1.06 bits per heavy atom. The molecule has 192 valence electrons. The topological polar surface area (TPSA) is 81.1 Å². The Morgan fingerprint density at radius 3 is 2.50 bits per heavy atom. The van der Waals surface area contributed by atoms with E-state index in [4.69, 9.17) is 9.47 Å². The lowest BCUT2D eigenvalue weighted by molar-refractivity contribution is -0.130. The zero-order valence-electron chi connectivity index (χ0n) is 21.0. The molecule has 8 nitrogen and oxygen atoms in total. The Balaban J connectivity index is 1.52. The Hall–Kier alpha value is -3.29. The van der Waals surface area contributed by atoms with Crippen LogP contribution in [0, 0.1) is 5.92 Å². The first-order valence-electron chi connectivity index (χ1n) is 13.3. The van der Waals surface area contributed by atoms with Gasteiger partial charge in [0.15, 0.2) is 5.76 Å². The lowest BCUT2D eigenvalue weighted by atomic mass is 9.89. The average molecular weight is 494 g/mol. The van der Waals surface area contributed by atoms with E-state index in [1.165, 1.54) is 19.3 Å². The first-order chi connectivity index (χ1) is 17.6. The second kappa shape index (κ2) is 10.8. The quantitative estimate of drug-likeness (QED) is 0.571. The number of fused-ring (bicyclic) bond motifs is 1. The van der Waals surface area contributed by atoms with Gasteiger partial charge in [0, 0.05) is 44.5 Å². The Morgan fingerprint density at radius 2 is 1.81 bits per heavy atom. The molecule has 3 heterocycles. The van der Waals surface area contributed by atoms with Crippen LogP contribution in [0.15, 0.2) is 40.9 Å². The van der Waals surface area contributed by atoms with Gasteiger partial charge >= 0.3 is 5.97 Å². The summed E-state index contributed by atoms with van der Waals surface area (Å²) in [4.78, 5) is 43.8. The number of esters is 1. The zero-order valence-corrected chi connectivity index (χ0v) is 21.0. The maximum Gasteiger partial charge on any atom is 0.345 e. The van der Waals surface area contributed by atoms with Gasteiger partial charge in [0.05, 0.1) is 24.4 Å². The molecule has 1 saturated heterocycles. The van der Waals surface area contributed by atoms with E-state index in [1.807, 2.05) is 30.3 Å². The highest BCUT2D eigenvalue weighted by molar-refractivity contribution is 6.05. The number of benzene rings is 1. The number of nitrogens with zero attached hydrogens (tertiary/aromatic N) is 3. The summed E-state index contributed by atoms with van der Waals surface area (Å²) in [5.41, 5.74) is 1.29. The monoisotopic (exact) mass is 493 g/mol. The molecule has 0 radical (unpaired) electrons. The van der Waals surface area contributed by atoms with Crippen molar-refractivity contribution >= 4 is 28.5 Å². The van der Waals surface area contributed by atoms with Crippen LogP contribution in [-0.4, -0.2) is 60.7 Å². The molecule has 1 aliphatic carbocycles. The second-order valence-corrected chi connectivity index (χ2v) is 9.87. The van der Waals surface area contributed by atoms with Crippen molar-refractivity contribution in [1.82, 2.24) is 9.47 Å². The summed E-state index contributed by atoms with van der Waals surface area (Å²) in [6, 6.07) is 7.85.